The number of hydrogen-bond donors (Lipinski definition) is 8. The van der Waals surface area contributed by atoms with Gasteiger partial charge in [0, 0.05) is 0 Å². The van der Waals surface area contributed by atoms with E-state index in [-0.39, 0.29) is 12.8 Å². The fourth-order valence-electron chi connectivity index (χ4n) is 9.08. The molecule has 8 N–H and O–H groups in total. The number of carbonyl (C=O) groups is 1. The van der Waals surface area contributed by atoms with Crippen LogP contribution in [0.2, 0.25) is 0 Å². The van der Waals surface area contributed by atoms with Gasteiger partial charge in [-0.3, -0.25) is 4.79 Å². The summed E-state index contributed by atoms with van der Waals surface area (Å²) < 4.78 is 11.1. The Morgan fingerprint density at radius 3 is 1.28 bits per heavy atom. The number of ether oxygens (including phenoxy) is 2. The molecule has 1 rings (SSSR count). The fourth-order valence-corrected chi connectivity index (χ4v) is 9.08. The average molecular weight is 954 g/mol. The first-order chi connectivity index (χ1) is 32.7. The Hall–Kier alpha value is -1.41. The van der Waals surface area contributed by atoms with Gasteiger partial charge < -0.3 is 50.5 Å². The van der Waals surface area contributed by atoms with E-state index in [0.717, 1.165) is 57.8 Å². The highest BCUT2D eigenvalue weighted by Gasteiger charge is 2.44. The summed E-state index contributed by atoms with van der Waals surface area (Å²) >= 11 is 0. The molecule has 0 aromatic rings. The number of nitrogens with one attached hydrogen (secondary N) is 1. The Kier molecular flexibility index (Phi) is 43.4. The summed E-state index contributed by atoms with van der Waals surface area (Å²) in [4.78, 5) is 13.2. The Morgan fingerprint density at radius 2 is 0.881 bits per heavy atom. The third kappa shape index (κ3) is 34.5. The third-order valence-corrected chi connectivity index (χ3v) is 13.7. The molecule has 0 spiro atoms. The van der Waals surface area contributed by atoms with Gasteiger partial charge in [0.05, 0.1) is 25.4 Å². The van der Waals surface area contributed by atoms with E-state index in [1.807, 2.05) is 0 Å². The van der Waals surface area contributed by atoms with Gasteiger partial charge in [0.15, 0.2) is 6.29 Å². The van der Waals surface area contributed by atoms with E-state index in [1.54, 1.807) is 0 Å². The average Bonchev–Trinajstić information content (AvgIpc) is 3.33. The zero-order valence-corrected chi connectivity index (χ0v) is 43.1. The highest BCUT2D eigenvalue weighted by atomic mass is 16.7. The summed E-state index contributed by atoms with van der Waals surface area (Å²) in [6, 6.07) is -1.19. The zero-order chi connectivity index (χ0) is 49.0. The second-order valence-corrected chi connectivity index (χ2v) is 20.0. The molecular formula is C56H107NO10. The van der Waals surface area contributed by atoms with Crippen molar-refractivity contribution in [2.45, 2.75) is 313 Å². The van der Waals surface area contributed by atoms with Crippen molar-refractivity contribution >= 4 is 5.91 Å². The van der Waals surface area contributed by atoms with Crippen molar-refractivity contribution < 1.29 is 50.0 Å². The van der Waals surface area contributed by atoms with Crippen molar-refractivity contribution in [1.29, 1.82) is 0 Å². The number of carbonyl (C=O) groups excluding carboxylic acids is 1. The molecule has 1 amide bonds. The Balaban J connectivity index is 2.36. The number of unbranched alkanes of at least 4 members (excludes halogenated alkanes) is 32. The maximum Gasteiger partial charge on any atom is 0.249 e. The first-order valence-corrected chi connectivity index (χ1v) is 28.2. The Morgan fingerprint density at radius 1 is 0.507 bits per heavy atom. The molecule has 67 heavy (non-hydrogen) atoms. The molecule has 9 atom stereocenters. The number of hydrogen-bond acceptors (Lipinski definition) is 10. The predicted octanol–water partition coefficient (Wildman–Crippen LogP) is 11.3. The number of rotatable bonds is 48. The SMILES string of the molecule is CCCCCCCCCCCCC/C=C\CCCCCCCCC(O)C(=O)NC(COC1OC(CO)C(O)C(O)C1O)C(O)C(O)CCC/C=C/CCCCCCCCCCCCCCCC. The maximum absolute atomic E-state index is 13.2. The molecule has 0 radical (unpaired) electrons. The molecule has 1 heterocycles. The van der Waals surface area contributed by atoms with Gasteiger partial charge in [-0.15, -0.1) is 0 Å². The summed E-state index contributed by atoms with van der Waals surface area (Å²) in [5.74, 6) is -0.708. The summed E-state index contributed by atoms with van der Waals surface area (Å²) in [7, 11) is 0. The third-order valence-electron chi connectivity index (χ3n) is 13.7. The molecule has 396 valence electrons. The van der Waals surface area contributed by atoms with Gasteiger partial charge in [-0.25, -0.2) is 0 Å². The van der Waals surface area contributed by atoms with Crippen LogP contribution in [-0.4, -0.2) is 110 Å². The van der Waals surface area contributed by atoms with Crippen LogP contribution in [0.3, 0.4) is 0 Å². The minimum absolute atomic E-state index is 0.248. The van der Waals surface area contributed by atoms with E-state index < -0.39 is 74.2 Å². The standard InChI is InChI=1S/C56H107NO10/c1-3-5-7-9-11-13-15-17-19-21-23-24-26-28-30-32-34-36-38-40-42-44-49(60)55(65)57-47(46-66-56-54(64)53(63)52(62)50(45-58)67-56)51(61)48(59)43-41-39-37-35-33-31-29-27-25-22-20-18-16-14-12-10-8-6-4-2/h26,28,35,37,47-54,56,58-64H,3-25,27,29-34,36,38-46H2,1-2H3,(H,57,65)/b28-26-,37-35+. The monoisotopic (exact) mass is 954 g/mol. The Bertz CT molecular complexity index is 1140. The van der Waals surface area contributed by atoms with Crippen LogP contribution in [-0.2, 0) is 14.3 Å². The maximum atomic E-state index is 13.2. The molecular weight excluding hydrogens is 847 g/mol. The second kappa shape index (κ2) is 45.7. The van der Waals surface area contributed by atoms with Gasteiger partial charge in [-0.05, 0) is 64.2 Å². The molecule has 1 aliphatic heterocycles. The van der Waals surface area contributed by atoms with E-state index in [2.05, 4.69) is 43.5 Å². The van der Waals surface area contributed by atoms with Crippen LogP contribution in [0.5, 0.6) is 0 Å². The van der Waals surface area contributed by atoms with Gasteiger partial charge in [0.25, 0.3) is 0 Å². The lowest BCUT2D eigenvalue weighted by Gasteiger charge is -2.40. The van der Waals surface area contributed by atoms with Gasteiger partial charge in [0.1, 0.15) is 36.6 Å². The van der Waals surface area contributed by atoms with Crippen LogP contribution in [0, 0.1) is 0 Å². The van der Waals surface area contributed by atoms with Gasteiger partial charge in [0.2, 0.25) is 5.91 Å². The van der Waals surface area contributed by atoms with E-state index in [9.17, 15) is 40.5 Å². The quantitative estimate of drug-likeness (QED) is 0.0215. The van der Waals surface area contributed by atoms with E-state index in [0.29, 0.717) is 12.8 Å². The van der Waals surface area contributed by atoms with Gasteiger partial charge >= 0.3 is 0 Å². The highest BCUT2D eigenvalue weighted by molar-refractivity contribution is 5.80. The van der Waals surface area contributed by atoms with Gasteiger partial charge in [-0.1, -0.05) is 218 Å². The first-order valence-electron chi connectivity index (χ1n) is 28.2. The molecule has 0 aromatic heterocycles. The lowest BCUT2D eigenvalue weighted by molar-refractivity contribution is -0.303. The molecule has 11 nitrogen and oxygen atoms in total. The van der Waals surface area contributed by atoms with Crippen LogP contribution in [0.25, 0.3) is 0 Å². The Labute approximate surface area is 410 Å². The molecule has 1 aliphatic rings. The summed E-state index contributed by atoms with van der Waals surface area (Å²) in [5.41, 5.74) is 0. The van der Waals surface area contributed by atoms with Gasteiger partial charge in [-0.2, -0.15) is 0 Å². The van der Waals surface area contributed by atoms with Crippen LogP contribution >= 0.6 is 0 Å². The molecule has 0 aliphatic carbocycles. The fraction of sp³-hybridized carbons (Fsp3) is 0.911. The summed E-state index contributed by atoms with van der Waals surface area (Å²) in [5, 5.41) is 76.0. The van der Waals surface area contributed by atoms with Crippen molar-refractivity contribution in [2.24, 2.45) is 0 Å². The lowest BCUT2D eigenvalue weighted by Crippen LogP contribution is -2.60. The molecule has 9 unspecified atom stereocenters. The van der Waals surface area contributed by atoms with Crippen molar-refractivity contribution in [3.63, 3.8) is 0 Å². The van der Waals surface area contributed by atoms with E-state index in [4.69, 9.17) is 9.47 Å². The predicted molar refractivity (Wildman–Crippen MR) is 275 cm³/mol. The van der Waals surface area contributed by atoms with Crippen LogP contribution in [0.1, 0.15) is 258 Å². The normalized spacial score (nSPS) is 20.8. The minimum Gasteiger partial charge on any atom is -0.394 e. The second-order valence-electron chi connectivity index (χ2n) is 20.0. The van der Waals surface area contributed by atoms with Crippen LogP contribution in [0.15, 0.2) is 24.3 Å². The van der Waals surface area contributed by atoms with E-state index in [1.165, 1.54) is 161 Å². The van der Waals surface area contributed by atoms with E-state index >= 15 is 0 Å². The summed E-state index contributed by atoms with van der Waals surface area (Å²) in [6.45, 7) is 3.46. The number of aliphatic hydroxyl groups excluding tert-OH is 7. The molecule has 1 saturated heterocycles. The highest BCUT2D eigenvalue weighted by Crippen LogP contribution is 2.23. The smallest absolute Gasteiger partial charge is 0.249 e. The first kappa shape index (κ1) is 63.6. The minimum atomic E-state index is -1.67. The molecule has 1 fully saturated rings. The van der Waals surface area contributed by atoms with Crippen molar-refractivity contribution in [1.82, 2.24) is 5.32 Å². The number of allylic oxidation sites excluding steroid dienone is 4. The van der Waals surface area contributed by atoms with Crippen molar-refractivity contribution in [3.8, 4) is 0 Å². The van der Waals surface area contributed by atoms with Crippen molar-refractivity contribution in [3.05, 3.63) is 24.3 Å². The lowest BCUT2D eigenvalue weighted by atomic mass is 9.98. The zero-order valence-electron chi connectivity index (χ0n) is 43.1. The molecule has 0 saturated carbocycles. The molecule has 11 heteroatoms. The van der Waals surface area contributed by atoms with Crippen LogP contribution < -0.4 is 5.32 Å². The molecule has 0 aromatic carbocycles. The van der Waals surface area contributed by atoms with Crippen molar-refractivity contribution in [2.75, 3.05) is 13.2 Å². The topological polar surface area (TPSA) is 189 Å². The van der Waals surface area contributed by atoms with Crippen LogP contribution in [0.4, 0.5) is 0 Å². The summed E-state index contributed by atoms with van der Waals surface area (Å²) in [6.07, 6.45) is 42.3. The molecule has 0 bridgehead atoms. The number of aliphatic hydroxyl groups is 7. The number of amides is 1. The largest absolute Gasteiger partial charge is 0.394 e.